The Morgan fingerprint density at radius 1 is 1.07 bits per heavy atom. The number of carbonyl (C=O) groups excluding carboxylic acids is 2. The van der Waals surface area contributed by atoms with Crippen molar-refractivity contribution >= 4 is 23.3 Å². The van der Waals surface area contributed by atoms with Gasteiger partial charge in [0.25, 0.3) is 5.91 Å². The van der Waals surface area contributed by atoms with Crippen LogP contribution in [-0.2, 0) is 10.9 Å². The van der Waals surface area contributed by atoms with Crippen LogP contribution >= 0.6 is 11.3 Å². The molecule has 5 rings (SSSR count). The molecule has 1 aromatic carbocycles. The van der Waals surface area contributed by atoms with Gasteiger partial charge in [-0.2, -0.15) is 13.2 Å². The zero-order chi connectivity index (χ0) is 30.4. The third-order valence-electron chi connectivity index (χ3n) is 7.20. The largest absolute Gasteiger partial charge is 0.490 e. The topological polar surface area (TPSA) is 107 Å². The fraction of sp³-hybridized carbons (Fsp3) is 0.483. The Morgan fingerprint density at radius 2 is 1.79 bits per heavy atom. The van der Waals surface area contributed by atoms with E-state index in [1.165, 1.54) is 11.3 Å². The van der Waals surface area contributed by atoms with Gasteiger partial charge in [-0.15, -0.1) is 11.3 Å². The molecule has 2 fully saturated rings. The number of carbonyl (C=O) groups is 2. The predicted octanol–water partition coefficient (Wildman–Crippen LogP) is 6.20. The van der Waals surface area contributed by atoms with E-state index in [1.807, 2.05) is 33.8 Å². The van der Waals surface area contributed by atoms with E-state index in [9.17, 15) is 22.8 Å². The van der Waals surface area contributed by atoms with E-state index in [2.05, 4.69) is 20.3 Å². The van der Waals surface area contributed by atoms with Gasteiger partial charge in [0.05, 0.1) is 6.04 Å². The third-order valence-corrected chi connectivity index (χ3v) is 8.16. The van der Waals surface area contributed by atoms with E-state index < -0.39 is 29.6 Å². The molecule has 2 bridgehead atoms. The Kier molecular flexibility index (Phi) is 7.90. The molecule has 3 aromatic rings. The number of likely N-dealkylation sites (tertiary alicyclic amines) is 1. The Morgan fingerprint density at radius 3 is 2.36 bits per heavy atom. The number of fused-ring (bicyclic) bond motifs is 2. The molecule has 224 valence electrons. The number of nitrogens with zero attached hydrogens (tertiary/aromatic N) is 4. The Bertz CT molecular complexity index is 1470. The zero-order valence-electron chi connectivity index (χ0n) is 23.9. The molecule has 2 aromatic heterocycles. The van der Waals surface area contributed by atoms with E-state index in [1.54, 1.807) is 30.2 Å². The summed E-state index contributed by atoms with van der Waals surface area (Å²) in [5, 5.41) is 3.53. The number of hydrogen-bond acceptors (Lipinski definition) is 8. The van der Waals surface area contributed by atoms with Gasteiger partial charge in [0.1, 0.15) is 22.5 Å². The second-order valence-corrected chi connectivity index (χ2v) is 13.0. The van der Waals surface area contributed by atoms with Gasteiger partial charge < -0.3 is 19.7 Å². The first-order valence-electron chi connectivity index (χ1n) is 13.6. The number of ether oxygens (including phenoxy) is 2. The molecular formula is C29H32F3N5O4S. The summed E-state index contributed by atoms with van der Waals surface area (Å²) in [6.07, 6.45) is 0.220. The van der Waals surface area contributed by atoms with Crippen molar-refractivity contribution in [3.8, 4) is 16.3 Å². The Hall–Kier alpha value is -3.74. The molecule has 3 heterocycles. The number of hydrogen-bond donors (Lipinski definition) is 1. The van der Waals surface area contributed by atoms with Crippen LogP contribution in [0.1, 0.15) is 73.2 Å². The number of thiazole rings is 1. The van der Waals surface area contributed by atoms with Crippen LogP contribution in [0.4, 0.5) is 18.0 Å². The average Bonchev–Trinajstić information content (AvgIpc) is 3.63. The van der Waals surface area contributed by atoms with Crippen LogP contribution in [0.25, 0.3) is 10.6 Å². The molecule has 3 unspecified atom stereocenters. The second-order valence-electron chi connectivity index (χ2n) is 11.7. The number of alkyl halides is 3. The van der Waals surface area contributed by atoms with Crippen molar-refractivity contribution in [2.75, 3.05) is 6.54 Å². The number of halogens is 3. The molecule has 1 aliphatic carbocycles. The minimum Gasteiger partial charge on any atom is -0.490 e. The predicted molar refractivity (Wildman–Crippen MR) is 149 cm³/mol. The summed E-state index contributed by atoms with van der Waals surface area (Å²) in [6, 6.07) is 4.57. The SMILES string of the molecule is Cc1cnc(-c2cc(OC3CC4CC3CN4C(=O)OC(C)(C)C)cc(C(=O)N[C@H](C)c3cnc(C(F)(F)F)nc3)c2)s1. The number of benzene rings is 1. The minimum atomic E-state index is -4.65. The van der Waals surface area contributed by atoms with Gasteiger partial charge >= 0.3 is 12.3 Å². The molecule has 1 saturated heterocycles. The van der Waals surface area contributed by atoms with Gasteiger partial charge in [-0.25, -0.2) is 19.7 Å². The molecule has 1 N–H and O–H groups in total. The van der Waals surface area contributed by atoms with Crippen molar-refractivity contribution in [3.05, 3.63) is 58.6 Å². The summed E-state index contributed by atoms with van der Waals surface area (Å²) in [5.74, 6) is -1.05. The summed E-state index contributed by atoms with van der Waals surface area (Å²) in [6.45, 7) is 9.64. The van der Waals surface area contributed by atoms with Gasteiger partial charge in [0.15, 0.2) is 0 Å². The number of piperidine rings is 1. The van der Waals surface area contributed by atoms with Crippen LogP contribution in [0, 0.1) is 12.8 Å². The van der Waals surface area contributed by atoms with Gasteiger partial charge in [-0.3, -0.25) is 4.79 Å². The lowest BCUT2D eigenvalue weighted by atomic mass is 10.0. The van der Waals surface area contributed by atoms with E-state index in [4.69, 9.17) is 9.47 Å². The molecule has 1 saturated carbocycles. The molecule has 13 heteroatoms. The molecule has 0 spiro atoms. The van der Waals surface area contributed by atoms with Gasteiger partial charge in [0.2, 0.25) is 5.82 Å². The highest BCUT2D eigenvalue weighted by atomic mass is 32.1. The van der Waals surface area contributed by atoms with E-state index >= 15 is 0 Å². The molecule has 42 heavy (non-hydrogen) atoms. The van der Waals surface area contributed by atoms with Crippen LogP contribution in [0.15, 0.2) is 36.8 Å². The monoisotopic (exact) mass is 603 g/mol. The normalized spacial score (nSPS) is 20.9. The zero-order valence-corrected chi connectivity index (χ0v) is 24.7. The lowest BCUT2D eigenvalue weighted by Crippen LogP contribution is -2.45. The van der Waals surface area contributed by atoms with Crippen LogP contribution in [0.2, 0.25) is 0 Å². The van der Waals surface area contributed by atoms with Gasteiger partial charge in [0, 0.05) is 65.1 Å². The van der Waals surface area contributed by atoms with Crippen LogP contribution < -0.4 is 10.1 Å². The van der Waals surface area contributed by atoms with Crippen LogP contribution in [0.3, 0.4) is 0 Å². The highest BCUT2D eigenvalue weighted by molar-refractivity contribution is 7.14. The third kappa shape index (κ3) is 6.66. The first-order chi connectivity index (χ1) is 19.7. The van der Waals surface area contributed by atoms with Crippen molar-refractivity contribution in [3.63, 3.8) is 0 Å². The molecule has 1 aliphatic heterocycles. The summed E-state index contributed by atoms with van der Waals surface area (Å²) >= 11 is 1.48. The van der Waals surface area contributed by atoms with Crippen molar-refractivity contribution < 1.29 is 32.2 Å². The summed E-state index contributed by atoms with van der Waals surface area (Å²) in [4.78, 5) is 40.0. The van der Waals surface area contributed by atoms with Crippen molar-refractivity contribution in [2.45, 2.75) is 77.4 Å². The summed E-state index contributed by atoms with van der Waals surface area (Å²) in [5.41, 5.74) is 0.779. The number of aromatic nitrogens is 3. The minimum absolute atomic E-state index is 0.0224. The summed E-state index contributed by atoms with van der Waals surface area (Å²) < 4.78 is 50.5. The smallest absolute Gasteiger partial charge is 0.451 e. The van der Waals surface area contributed by atoms with Crippen LogP contribution in [-0.4, -0.2) is 56.1 Å². The number of aryl methyl sites for hydroxylation is 1. The Balaban J connectivity index is 1.32. The molecule has 2 amide bonds. The fourth-order valence-electron chi connectivity index (χ4n) is 5.25. The first-order valence-corrected chi connectivity index (χ1v) is 14.4. The van der Waals surface area contributed by atoms with Crippen molar-refractivity contribution in [1.82, 2.24) is 25.2 Å². The van der Waals surface area contributed by atoms with Crippen LogP contribution in [0.5, 0.6) is 5.75 Å². The second kappa shape index (κ2) is 11.2. The molecule has 2 aliphatic rings. The van der Waals surface area contributed by atoms with Crippen molar-refractivity contribution in [1.29, 1.82) is 0 Å². The van der Waals surface area contributed by atoms with E-state index in [0.29, 0.717) is 35.4 Å². The molecule has 4 atom stereocenters. The maximum atomic E-state index is 13.3. The molecule has 9 nitrogen and oxygen atoms in total. The lowest BCUT2D eigenvalue weighted by molar-refractivity contribution is -0.145. The van der Waals surface area contributed by atoms with Gasteiger partial charge in [-0.1, -0.05) is 0 Å². The number of nitrogens with one attached hydrogen (secondary N) is 1. The maximum Gasteiger partial charge on any atom is 0.451 e. The highest BCUT2D eigenvalue weighted by Gasteiger charge is 2.49. The van der Waals surface area contributed by atoms with Crippen molar-refractivity contribution in [2.24, 2.45) is 5.92 Å². The van der Waals surface area contributed by atoms with E-state index in [-0.39, 0.29) is 24.2 Å². The quantitative estimate of drug-likeness (QED) is 0.358. The molecular weight excluding hydrogens is 571 g/mol. The van der Waals surface area contributed by atoms with E-state index in [0.717, 1.165) is 28.7 Å². The standard InChI is InChI=1S/C29H32F3N5O4S/c1-15-11-33-25(42-15)18-6-17(24(38)36-16(2)20-12-34-26(35-13-20)29(30,31)32)8-22(9-18)40-23-10-21-7-19(23)14-37(21)27(39)41-28(3,4)5/h6,8-9,11-13,16,19,21,23H,7,10,14H2,1-5H3,(H,36,38)/t16-,19?,21?,23?/m1/s1. The summed E-state index contributed by atoms with van der Waals surface area (Å²) in [7, 11) is 0. The lowest BCUT2D eigenvalue weighted by Gasteiger charge is -2.33. The fourth-order valence-corrected chi connectivity index (χ4v) is 6.00. The number of rotatable bonds is 6. The molecule has 0 radical (unpaired) electrons. The van der Waals surface area contributed by atoms with Gasteiger partial charge in [-0.05, 0) is 59.2 Å². The maximum absolute atomic E-state index is 13.3. The first kappa shape index (κ1) is 29.7. The average molecular weight is 604 g/mol. The Labute approximate surface area is 245 Å². The number of amides is 2. The highest BCUT2D eigenvalue weighted by Crippen LogP contribution is 2.41.